The van der Waals surface area contributed by atoms with E-state index < -0.39 is 4.92 Å². The molecule has 2 aromatic heterocycles. The van der Waals surface area contributed by atoms with Crippen LogP contribution in [0.4, 0.5) is 11.5 Å². The topological polar surface area (TPSA) is 81.0 Å². The van der Waals surface area contributed by atoms with Crippen molar-refractivity contribution >= 4 is 22.8 Å². The number of aryl methyl sites for hydroxylation is 2. The first-order chi connectivity index (χ1) is 9.63. The van der Waals surface area contributed by atoms with Gasteiger partial charge in [-0.3, -0.25) is 10.1 Å². The minimum Gasteiger partial charge on any atom is -0.367 e. The van der Waals surface area contributed by atoms with Crippen LogP contribution < -0.4 is 5.32 Å². The summed E-state index contributed by atoms with van der Waals surface area (Å²) in [6, 6.07) is 3.50. The molecule has 2 heterocycles. The lowest BCUT2D eigenvalue weighted by Crippen LogP contribution is -2.27. The van der Waals surface area contributed by atoms with Gasteiger partial charge in [-0.1, -0.05) is 0 Å². The normalized spacial score (nSPS) is 17.6. The summed E-state index contributed by atoms with van der Waals surface area (Å²) in [4.78, 5) is 20.3. The van der Waals surface area contributed by atoms with Crippen LogP contribution in [-0.2, 0) is 12.8 Å². The zero-order valence-electron chi connectivity index (χ0n) is 11.0. The van der Waals surface area contributed by atoms with Crippen molar-refractivity contribution in [2.45, 2.75) is 32.2 Å². The highest BCUT2D eigenvalue weighted by atomic mass is 32.1. The molecule has 0 fully saturated rings. The maximum absolute atomic E-state index is 10.8. The van der Waals surface area contributed by atoms with Gasteiger partial charge >= 0.3 is 0 Å². The number of rotatable bonds is 3. The minimum absolute atomic E-state index is 0.0592. The van der Waals surface area contributed by atoms with Gasteiger partial charge in [-0.15, -0.1) is 11.3 Å². The molecule has 0 spiro atoms. The van der Waals surface area contributed by atoms with Crippen molar-refractivity contribution in [3.05, 3.63) is 44.0 Å². The van der Waals surface area contributed by atoms with E-state index in [0.29, 0.717) is 17.6 Å². The first-order valence-corrected chi connectivity index (χ1v) is 7.31. The second-order valence-electron chi connectivity index (χ2n) is 4.86. The Morgan fingerprint density at radius 3 is 3.10 bits per heavy atom. The van der Waals surface area contributed by atoms with Crippen LogP contribution in [0.3, 0.4) is 0 Å². The monoisotopic (exact) mass is 290 g/mol. The number of pyridine rings is 1. The molecular weight excluding hydrogens is 276 g/mol. The maximum Gasteiger partial charge on any atom is 0.290 e. The number of fused-ring (bicyclic) bond motifs is 1. The van der Waals surface area contributed by atoms with E-state index >= 15 is 0 Å². The Morgan fingerprint density at radius 1 is 1.50 bits per heavy atom. The van der Waals surface area contributed by atoms with Crippen LogP contribution in [-0.4, -0.2) is 20.9 Å². The van der Waals surface area contributed by atoms with Crippen LogP contribution in [0.2, 0.25) is 0 Å². The predicted molar refractivity (Wildman–Crippen MR) is 77.2 cm³/mol. The molecule has 6 nitrogen and oxygen atoms in total. The van der Waals surface area contributed by atoms with Gasteiger partial charge in [-0.2, -0.15) is 0 Å². The van der Waals surface area contributed by atoms with Crippen LogP contribution in [0.15, 0.2) is 17.6 Å². The highest BCUT2D eigenvalue weighted by Gasteiger charge is 2.21. The summed E-state index contributed by atoms with van der Waals surface area (Å²) in [5.74, 6) is 0.700. The predicted octanol–water partition coefficient (Wildman–Crippen LogP) is 2.72. The van der Waals surface area contributed by atoms with Gasteiger partial charge in [0.05, 0.1) is 16.1 Å². The molecule has 1 aliphatic carbocycles. The molecule has 1 N–H and O–H groups in total. The van der Waals surface area contributed by atoms with Gasteiger partial charge in [0, 0.05) is 23.4 Å². The van der Waals surface area contributed by atoms with Crippen molar-refractivity contribution in [1.29, 1.82) is 0 Å². The van der Waals surface area contributed by atoms with Crippen molar-refractivity contribution in [2.24, 2.45) is 0 Å². The molecule has 2 aromatic rings. The number of anilines is 1. The molecule has 7 heteroatoms. The summed E-state index contributed by atoms with van der Waals surface area (Å²) in [5, 5.41) is 14.1. The second-order valence-corrected chi connectivity index (χ2v) is 5.80. The van der Waals surface area contributed by atoms with Crippen LogP contribution in [0.1, 0.15) is 22.7 Å². The number of hydrogen-bond acceptors (Lipinski definition) is 6. The molecule has 1 atom stereocenters. The zero-order chi connectivity index (χ0) is 14.1. The van der Waals surface area contributed by atoms with E-state index in [1.165, 1.54) is 16.6 Å². The molecular formula is C13H14N4O2S. The largest absolute Gasteiger partial charge is 0.367 e. The van der Waals surface area contributed by atoms with Gasteiger partial charge in [0.1, 0.15) is 11.5 Å². The Kier molecular flexibility index (Phi) is 3.35. The Bertz CT molecular complexity index is 656. The smallest absolute Gasteiger partial charge is 0.290 e. The quantitative estimate of drug-likeness (QED) is 0.694. The molecule has 0 amide bonds. The number of nitrogens with one attached hydrogen (secondary N) is 1. The van der Waals surface area contributed by atoms with Crippen LogP contribution in [0.5, 0.6) is 0 Å². The summed E-state index contributed by atoms with van der Waals surface area (Å²) >= 11 is 1.69. The minimum atomic E-state index is -0.406. The number of nitrogens with zero attached hydrogens (tertiary/aromatic N) is 3. The third-order valence-electron chi connectivity index (χ3n) is 3.49. The maximum atomic E-state index is 10.8. The van der Waals surface area contributed by atoms with Crippen molar-refractivity contribution in [1.82, 2.24) is 9.97 Å². The van der Waals surface area contributed by atoms with E-state index in [9.17, 15) is 10.1 Å². The molecule has 0 aliphatic heterocycles. The molecule has 20 heavy (non-hydrogen) atoms. The van der Waals surface area contributed by atoms with Gasteiger partial charge in [-0.05, 0) is 25.8 Å². The fourth-order valence-corrected chi connectivity index (χ4v) is 3.36. The van der Waals surface area contributed by atoms with Gasteiger partial charge in [-0.25, -0.2) is 9.97 Å². The molecule has 0 saturated carbocycles. The van der Waals surface area contributed by atoms with E-state index in [1.807, 2.05) is 5.51 Å². The third-order valence-corrected chi connectivity index (χ3v) is 4.39. The lowest BCUT2D eigenvalue weighted by atomic mass is 9.98. The molecule has 1 aliphatic rings. The highest BCUT2D eigenvalue weighted by molar-refractivity contribution is 7.09. The SMILES string of the molecule is Cc1nc(N[C@H]2CCc3ncsc3C2)ccc1[N+](=O)[O-]. The Hall–Kier alpha value is -2.02. The summed E-state index contributed by atoms with van der Waals surface area (Å²) in [6.07, 6.45) is 2.93. The van der Waals surface area contributed by atoms with E-state index in [1.54, 1.807) is 24.3 Å². The van der Waals surface area contributed by atoms with E-state index in [0.717, 1.165) is 19.3 Å². The van der Waals surface area contributed by atoms with E-state index in [-0.39, 0.29) is 5.69 Å². The molecule has 0 saturated heterocycles. The number of aromatic nitrogens is 2. The number of nitro groups is 1. The first-order valence-electron chi connectivity index (χ1n) is 6.43. The molecule has 0 radical (unpaired) electrons. The summed E-state index contributed by atoms with van der Waals surface area (Å²) in [5.41, 5.74) is 3.60. The lowest BCUT2D eigenvalue weighted by molar-refractivity contribution is -0.385. The molecule has 0 bridgehead atoms. The third kappa shape index (κ3) is 2.49. The fourth-order valence-electron chi connectivity index (χ4n) is 2.46. The Labute approximate surface area is 120 Å². The summed E-state index contributed by atoms with van der Waals surface area (Å²) in [6.45, 7) is 1.66. The van der Waals surface area contributed by atoms with Crippen LogP contribution >= 0.6 is 11.3 Å². The van der Waals surface area contributed by atoms with Crippen molar-refractivity contribution < 1.29 is 4.92 Å². The van der Waals surface area contributed by atoms with Gasteiger partial charge in [0.15, 0.2) is 0 Å². The first kappa shape index (κ1) is 13.0. The Balaban J connectivity index is 1.73. The van der Waals surface area contributed by atoms with Gasteiger partial charge in [0.2, 0.25) is 0 Å². The fraction of sp³-hybridized carbons (Fsp3) is 0.385. The van der Waals surface area contributed by atoms with Crippen molar-refractivity contribution in [2.75, 3.05) is 5.32 Å². The summed E-state index contributed by atoms with van der Waals surface area (Å²) in [7, 11) is 0. The van der Waals surface area contributed by atoms with Crippen LogP contribution in [0, 0.1) is 17.0 Å². The molecule has 3 rings (SSSR count). The Morgan fingerprint density at radius 2 is 2.35 bits per heavy atom. The average molecular weight is 290 g/mol. The van der Waals surface area contributed by atoms with Crippen molar-refractivity contribution in [3.63, 3.8) is 0 Å². The van der Waals surface area contributed by atoms with Crippen LogP contribution in [0.25, 0.3) is 0 Å². The second kappa shape index (κ2) is 5.16. The molecule has 0 unspecified atom stereocenters. The van der Waals surface area contributed by atoms with E-state index in [2.05, 4.69) is 15.3 Å². The number of hydrogen-bond donors (Lipinski definition) is 1. The zero-order valence-corrected chi connectivity index (χ0v) is 11.8. The van der Waals surface area contributed by atoms with Gasteiger partial charge in [0.25, 0.3) is 5.69 Å². The molecule has 0 aromatic carbocycles. The average Bonchev–Trinajstić information content (AvgIpc) is 2.85. The lowest BCUT2D eigenvalue weighted by Gasteiger charge is -2.23. The number of thiazole rings is 1. The standard InChI is InChI=1S/C13H14N4O2S/c1-8-11(17(18)19)4-5-13(15-8)16-9-2-3-10-12(6-9)20-7-14-10/h4-5,7,9H,2-3,6H2,1H3,(H,15,16)/t9-/m0/s1. The van der Waals surface area contributed by atoms with Gasteiger partial charge < -0.3 is 5.32 Å². The summed E-state index contributed by atoms with van der Waals surface area (Å²) < 4.78 is 0. The van der Waals surface area contributed by atoms with Crippen molar-refractivity contribution in [3.8, 4) is 0 Å². The van der Waals surface area contributed by atoms with E-state index in [4.69, 9.17) is 0 Å². The highest BCUT2D eigenvalue weighted by Crippen LogP contribution is 2.26. The molecule has 104 valence electrons.